The van der Waals surface area contributed by atoms with E-state index in [2.05, 4.69) is 15.2 Å². The molecule has 8 nitrogen and oxygen atoms in total. The summed E-state index contributed by atoms with van der Waals surface area (Å²) in [7, 11) is 1.66. The molecule has 0 saturated heterocycles. The molecule has 4 rings (SSSR count). The van der Waals surface area contributed by atoms with Gasteiger partial charge in [-0.1, -0.05) is 18.2 Å². The summed E-state index contributed by atoms with van der Waals surface area (Å²) in [6, 6.07) is 11.6. The first-order chi connectivity index (χ1) is 13.6. The number of aromatic amines is 2. The van der Waals surface area contributed by atoms with E-state index in [4.69, 9.17) is 5.26 Å². The molecule has 2 amide bonds. The molecular weight excluding hydrogens is 356 g/mol. The number of aromatic nitrogens is 3. The number of hydrogen-bond acceptors (Lipinski definition) is 4. The molecule has 0 atom stereocenters. The quantitative estimate of drug-likeness (QED) is 0.726. The second kappa shape index (κ2) is 7.19. The maximum atomic E-state index is 13.0. The minimum atomic E-state index is -0.219. The number of para-hydroxylation sites is 1. The number of nitrogens with one attached hydrogen (secondary N) is 2. The molecule has 3 aromatic rings. The Kier molecular flexibility index (Phi) is 4.57. The molecule has 0 bridgehead atoms. The van der Waals surface area contributed by atoms with Crippen LogP contribution < -0.4 is 0 Å². The van der Waals surface area contributed by atoms with E-state index in [-0.39, 0.29) is 18.2 Å². The van der Waals surface area contributed by atoms with E-state index in [1.54, 1.807) is 11.9 Å². The molecule has 0 saturated carbocycles. The zero-order valence-corrected chi connectivity index (χ0v) is 15.5. The Bertz CT molecular complexity index is 1060. The van der Waals surface area contributed by atoms with Gasteiger partial charge >= 0.3 is 0 Å². The van der Waals surface area contributed by atoms with E-state index in [1.807, 2.05) is 36.4 Å². The number of benzene rings is 1. The lowest BCUT2D eigenvalue weighted by Gasteiger charge is -2.27. The van der Waals surface area contributed by atoms with Crippen LogP contribution in [0.15, 0.2) is 30.3 Å². The van der Waals surface area contributed by atoms with E-state index in [9.17, 15) is 9.59 Å². The second-order valence-corrected chi connectivity index (χ2v) is 6.91. The van der Waals surface area contributed by atoms with Crippen molar-refractivity contribution in [2.75, 3.05) is 20.1 Å². The van der Waals surface area contributed by atoms with Gasteiger partial charge in [0, 0.05) is 43.0 Å². The Labute approximate surface area is 161 Å². The van der Waals surface area contributed by atoms with Crippen LogP contribution in [-0.4, -0.2) is 56.9 Å². The largest absolute Gasteiger partial charge is 0.351 e. The fourth-order valence-corrected chi connectivity index (χ4v) is 3.51. The zero-order valence-electron chi connectivity index (χ0n) is 15.5. The van der Waals surface area contributed by atoms with E-state index in [0.29, 0.717) is 37.4 Å². The van der Waals surface area contributed by atoms with Crippen molar-refractivity contribution in [3.05, 3.63) is 53.0 Å². The number of carbonyl (C=O) groups is 2. The first-order valence-electron chi connectivity index (χ1n) is 9.14. The normalized spacial score (nSPS) is 13.2. The van der Waals surface area contributed by atoms with E-state index in [0.717, 1.165) is 22.2 Å². The number of rotatable bonds is 4. The Hall–Kier alpha value is -3.60. The van der Waals surface area contributed by atoms with Gasteiger partial charge < -0.3 is 14.8 Å². The Morgan fingerprint density at radius 2 is 2.18 bits per heavy atom. The molecule has 0 spiro atoms. The number of carbonyl (C=O) groups excluding carboxylic acids is 2. The van der Waals surface area contributed by atoms with E-state index in [1.165, 1.54) is 4.90 Å². The summed E-state index contributed by atoms with van der Waals surface area (Å²) < 4.78 is 0. The average molecular weight is 376 g/mol. The summed E-state index contributed by atoms with van der Waals surface area (Å²) >= 11 is 0. The van der Waals surface area contributed by atoms with Crippen LogP contribution in [0.4, 0.5) is 0 Å². The minimum Gasteiger partial charge on any atom is -0.351 e. The minimum absolute atomic E-state index is 0.0979. The summed E-state index contributed by atoms with van der Waals surface area (Å²) in [5.41, 5.74) is 3.42. The Morgan fingerprint density at radius 3 is 2.96 bits per heavy atom. The van der Waals surface area contributed by atoms with Crippen LogP contribution in [0.5, 0.6) is 0 Å². The molecule has 1 aliphatic heterocycles. The van der Waals surface area contributed by atoms with Gasteiger partial charge in [-0.05, 0) is 12.1 Å². The number of nitriles is 1. The first-order valence-corrected chi connectivity index (χ1v) is 9.14. The molecule has 0 unspecified atom stereocenters. The number of hydrogen-bond donors (Lipinski definition) is 2. The molecule has 2 N–H and O–H groups in total. The topological polar surface area (TPSA) is 109 Å². The zero-order chi connectivity index (χ0) is 19.7. The monoisotopic (exact) mass is 376 g/mol. The molecule has 0 radical (unpaired) electrons. The molecule has 142 valence electrons. The molecule has 8 heteroatoms. The van der Waals surface area contributed by atoms with Crippen molar-refractivity contribution in [3.63, 3.8) is 0 Å². The summed E-state index contributed by atoms with van der Waals surface area (Å²) in [4.78, 5) is 32.1. The molecular formula is C20H20N6O2. The molecule has 2 aromatic heterocycles. The summed E-state index contributed by atoms with van der Waals surface area (Å²) in [6.07, 6.45) is 0.858. The van der Waals surface area contributed by atoms with E-state index < -0.39 is 0 Å². The number of amides is 2. The summed E-state index contributed by atoms with van der Waals surface area (Å²) in [5, 5.41) is 16.8. The van der Waals surface area contributed by atoms with Gasteiger partial charge in [0.2, 0.25) is 0 Å². The maximum Gasteiger partial charge on any atom is 0.272 e. The van der Waals surface area contributed by atoms with Gasteiger partial charge in [-0.2, -0.15) is 10.4 Å². The standard InChI is InChI=1S/C20H20N6O2/c1-25(9-4-8-21)20(28)18-14-12-26(10-7-16(14)23-24-18)19(27)17-11-13-5-2-3-6-15(13)22-17/h2-3,5-6,11,22H,4,7,9-10,12H2,1H3,(H,23,24). The fraction of sp³-hybridized carbons (Fsp3) is 0.300. The SMILES string of the molecule is CN(CCC#N)C(=O)c1[nH]nc2c1CN(C(=O)c1cc3ccccc3[nH]1)CC2. The molecule has 0 aliphatic carbocycles. The number of nitrogens with zero attached hydrogens (tertiary/aromatic N) is 4. The van der Waals surface area contributed by atoms with Crippen molar-refractivity contribution < 1.29 is 9.59 Å². The maximum absolute atomic E-state index is 13.0. The van der Waals surface area contributed by atoms with Gasteiger partial charge in [0.25, 0.3) is 11.8 Å². The van der Waals surface area contributed by atoms with Crippen LogP contribution in [0.2, 0.25) is 0 Å². The van der Waals surface area contributed by atoms with Gasteiger partial charge in [0.15, 0.2) is 0 Å². The number of H-pyrrole nitrogens is 2. The van der Waals surface area contributed by atoms with Gasteiger partial charge in [0.05, 0.1) is 24.7 Å². The van der Waals surface area contributed by atoms with Crippen molar-refractivity contribution in [3.8, 4) is 6.07 Å². The van der Waals surface area contributed by atoms with Gasteiger partial charge in [-0.3, -0.25) is 14.7 Å². The third kappa shape index (κ3) is 3.11. The Morgan fingerprint density at radius 1 is 1.36 bits per heavy atom. The predicted octanol–water partition coefficient (Wildman–Crippen LogP) is 2.08. The van der Waals surface area contributed by atoms with Gasteiger partial charge in [-0.15, -0.1) is 0 Å². The highest BCUT2D eigenvalue weighted by Crippen LogP contribution is 2.24. The average Bonchev–Trinajstić information content (AvgIpc) is 3.34. The fourth-order valence-electron chi connectivity index (χ4n) is 3.51. The third-order valence-electron chi connectivity index (χ3n) is 5.09. The summed E-state index contributed by atoms with van der Waals surface area (Å²) in [5.74, 6) is -0.316. The van der Waals surface area contributed by atoms with Crippen LogP contribution >= 0.6 is 0 Å². The highest BCUT2D eigenvalue weighted by atomic mass is 16.2. The lowest BCUT2D eigenvalue weighted by atomic mass is 10.0. The van der Waals surface area contributed by atoms with Gasteiger partial charge in [-0.25, -0.2) is 0 Å². The van der Waals surface area contributed by atoms with Crippen LogP contribution in [0.1, 0.15) is 38.7 Å². The smallest absolute Gasteiger partial charge is 0.272 e. The van der Waals surface area contributed by atoms with Crippen molar-refractivity contribution >= 4 is 22.7 Å². The van der Waals surface area contributed by atoms with Crippen LogP contribution in [0.3, 0.4) is 0 Å². The predicted molar refractivity (Wildman–Crippen MR) is 103 cm³/mol. The Balaban J connectivity index is 1.55. The summed E-state index contributed by atoms with van der Waals surface area (Å²) in [6.45, 7) is 1.22. The molecule has 1 aliphatic rings. The molecule has 0 fully saturated rings. The number of fused-ring (bicyclic) bond motifs is 2. The van der Waals surface area contributed by atoms with Crippen molar-refractivity contribution in [1.29, 1.82) is 5.26 Å². The lowest BCUT2D eigenvalue weighted by Crippen LogP contribution is -2.37. The first kappa shape index (κ1) is 17.8. The van der Waals surface area contributed by atoms with Gasteiger partial charge in [0.1, 0.15) is 11.4 Å². The molecule has 1 aromatic carbocycles. The molecule has 28 heavy (non-hydrogen) atoms. The second-order valence-electron chi connectivity index (χ2n) is 6.91. The van der Waals surface area contributed by atoms with Crippen molar-refractivity contribution in [2.45, 2.75) is 19.4 Å². The van der Waals surface area contributed by atoms with Crippen molar-refractivity contribution in [1.82, 2.24) is 25.0 Å². The molecule has 3 heterocycles. The van der Waals surface area contributed by atoms with Crippen LogP contribution in [0.25, 0.3) is 10.9 Å². The third-order valence-corrected chi connectivity index (χ3v) is 5.09. The van der Waals surface area contributed by atoms with Crippen LogP contribution in [0, 0.1) is 11.3 Å². The van der Waals surface area contributed by atoms with Crippen molar-refractivity contribution in [2.24, 2.45) is 0 Å². The lowest BCUT2D eigenvalue weighted by molar-refractivity contribution is 0.0719. The highest BCUT2D eigenvalue weighted by molar-refractivity contribution is 5.98. The van der Waals surface area contributed by atoms with E-state index >= 15 is 0 Å². The highest BCUT2D eigenvalue weighted by Gasteiger charge is 2.29. The van der Waals surface area contributed by atoms with Crippen LogP contribution in [-0.2, 0) is 13.0 Å².